The molecular weight excluding hydrogens is 421 g/mol. The van der Waals surface area contributed by atoms with Crippen molar-refractivity contribution < 1.29 is 18.7 Å². The summed E-state index contributed by atoms with van der Waals surface area (Å²) in [4.78, 5) is 33.6. The summed E-state index contributed by atoms with van der Waals surface area (Å²) in [7, 11) is 0. The topological polar surface area (TPSA) is 81.2 Å². The van der Waals surface area contributed by atoms with Gasteiger partial charge >= 0.3 is 0 Å². The minimum atomic E-state index is -0.583. The molecule has 2 bridgehead atoms. The molecule has 0 radical (unpaired) electrons. The summed E-state index contributed by atoms with van der Waals surface area (Å²) in [5, 5.41) is 3.08. The Morgan fingerprint density at radius 1 is 1.13 bits per heavy atom. The summed E-state index contributed by atoms with van der Waals surface area (Å²) in [6.07, 6.45) is 4.14. The molecule has 1 aromatic heterocycles. The molecule has 8 heteroatoms. The Bertz CT molecular complexity index is 1200. The van der Waals surface area contributed by atoms with E-state index >= 15 is 0 Å². The fraction of sp³-hybridized carbons (Fsp3) is 0.304. The Kier molecular flexibility index (Phi) is 4.66. The number of halogens is 2. The van der Waals surface area contributed by atoms with Crippen molar-refractivity contribution in [3.05, 3.63) is 65.2 Å². The average Bonchev–Trinajstić information content (AvgIpc) is 2.71. The summed E-state index contributed by atoms with van der Waals surface area (Å²) in [5.41, 5.74) is 1.37. The Morgan fingerprint density at radius 2 is 1.87 bits per heavy atom. The molecular formula is C23H19ClFN3O3. The minimum Gasteiger partial charge on any atom is -0.486 e. The van der Waals surface area contributed by atoms with Crippen molar-refractivity contribution in [1.82, 2.24) is 15.3 Å². The van der Waals surface area contributed by atoms with Crippen LogP contribution >= 0.6 is 11.6 Å². The van der Waals surface area contributed by atoms with Crippen molar-refractivity contribution in [3.63, 3.8) is 0 Å². The quantitative estimate of drug-likeness (QED) is 0.599. The van der Waals surface area contributed by atoms with Gasteiger partial charge in [-0.1, -0.05) is 23.7 Å². The number of ketones is 1. The van der Waals surface area contributed by atoms with Crippen molar-refractivity contribution in [2.24, 2.45) is 5.41 Å². The maximum Gasteiger partial charge on any atom is 0.271 e. The first-order valence-corrected chi connectivity index (χ1v) is 10.4. The van der Waals surface area contributed by atoms with Crippen LogP contribution in [-0.2, 0) is 4.79 Å². The second-order valence-corrected chi connectivity index (χ2v) is 9.00. The van der Waals surface area contributed by atoms with Gasteiger partial charge in [-0.15, -0.1) is 0 Å². The third-order valence-electron chi connectivity index (χ3n) is 6.06. The fourth-order valence-corrected chi connectivity index (χ4v) is 5.01. The van der Waals surface area contributed by atoms with Crippen molar-refractivity contribution in [1.29, 1.82) is 0 Å². The molecule has 158 valence electrons. The average molecular weight is 440 g/mol. The fourth-order valence-electron chi connectivity index (χ4n) is 4.89. The van der Waals surface area contributed by atoms with Crippen LogP contribution in [0.2, 0.25) is 5.02 Å². The molecule has 1 amide bonds. The molecule has 6 rings (SSSR count). The Morgan fingerprint density at radius 3 is 2.61 bits per heavy atom. The van der Waals surface area contributed by atoms with Crippen LogP contribution < -0.4 is 10.1 Å². The molecule has 2 aromatic carbocycles. The van der Waals surface area contributed by atoms with E-state index in [0.717, 1.165) is 30.8 Å². The van der Waals surface area contributed by atoms with Gasteiger partial charge in [-0.2, -0.15) is 0 Å². The molecule has 0 saturated heterocycles. The van der Waals surface area contributed by atoms with Gasteiger partial charge in [-0.3, -0.25) is 14.6 Å². The lowest BCUT2D eigenvalue weighted by atomic mass is 9.38. The van der Waals surface area contributed by atoms with Crippen LogP contribution in [0.25, 0.3) is 11.0 Å². The standard InChI is InChI=1S/C23H19ClFN3O3/c24-16-6-5-15(7-17(16)25)31-10-14(29)8-22-11-23(12-22,13-22)28-21(30)20-9-26-18-3-1-2-4-19(18)27-20/h1-7,9H,8,10-13H2,(H,28,30). The minimum absolute atomic E-state index is 0.00885. The van der Waals surface area contributed by atoms with Gasteiger partial charge in [-0.25, -0.2) is 9.37 Å². The van der Waals surface area contributed by atoms with Gasteiger partial charge < -0.3 is 10.1 Å². The molecule has 1 N–H and O–H groups in total. The number of aromatic nitrogens is 2. The van der Waals surface area contributed by atoms with Crippen LogP contribution in [0.3, 0.4) is 0 Å². The summed E-state index contributed by atoms with van der Waals surface area (Å²) in [6.45, 7) is -0.116. The van der Waals surface area contributed by atoms with Crippen molar-refractivity contribution >= 4 is 34.3 Å². The molecule has 3 fully saturated rings. The highest BCUT2D eigenvalue weighted by Crippen LogP contribution is 2.69. The Hall–Kier alpha value is -3.06. The summed E-state index contributed by atoms with van der Waals surface area (Å²) in [6, 6.07) is 11.5. The van der Waals surface area contributed by atoms with Crippen LogP contribution in [0.15, 0.2) is 48.7 Å². The number of nitrogens with one attached hydrogen (secondary N) is 1. The Balaban J connectivity index is 1.12. The number of amides is 1. The Labute approximate surface area is 182 Å². The highest BCUT2D eigenvalue weighted by Gasteiger charge is 2.68. The monoisotopic (exact) mass is 439 g/mol. The molecule has 3 aliphatic rings. The predicted octanol–water partition coefficient (Wildman–Crippen LogP) is 4.11. The largest absolute Gasteiger partial charge is 0.486 e. The van der Waals surface area contributed by atoms with Gasteiger partial charge in [0.2, 0.25) is 0 Å². The first-order valence-electron chi connectivity index (χ1n) is 9.99. The molecule has 1 heterocycles. The second-order valence-electron chi connectivity index (χ2n) is 8.59. The molecule has 0 spiro atoms. The van der Waals surface area contributed by atoms with Crippen molar-refractivity contribution in [2.45, 2.75) is 31.2 Å². The summed E-state index contributed by atoms with van der Waals surface area (Å²) >= 11 is 5.64. The van der Waals surface area contributed by atoms with E-state index in [-0.39, 0.29) is 45.7 Å². The zero-order valence-electron chi connectivity index (χ0n) is 16.5. The van der Waals surface area contributed by atoms with Gasteiger partial charge in [0.05, 0.1) is 22.3 Å². The van der Waals surface area contributed by atoms with E-state index in [2.05, 4.69) is 15.3 Å². The number of Topliss-reactive ketones (excluding diaryl/α,β-unsaturated/α-hetero) is 1. The van der Waals surface area contributed by atoms with Crippen LogP contribution in [0, 0.1) is 11.2 Å². The van der Waals surface area contributed by atoms with Gasteiger partial charge in [0.15, 0.2) is 5.78 Å². The third kappa shape index (κ3) is 3.74. The first-order chi connectivity index (χ1) is 14.9. The number of benzene rings is 2. The van der Waals surface area contributed by atoms with Gasteiger partial charge in [0.1, 0.15) is 23.9 Å². The van der Waals surface area contributed by atoms with Crippen LogP contribution in [0.4, 0.5) is 4.39 Å². The molecule has 0 atom stereocenters. The predicted molar refractivity (Wildman–Crippen MR) is 113 cm³/mol. The number of fused-ring (bicyclic) bond motifs is 1. The highest BCUT2D eigenvalue weighted by atomic mass is 35.5. The number of nitrogens with zero attached hydrogens (tertiary/aromatic N) is 2. The molecule has 3 aromatic rings. The van der Waals surface area contributed by atoms with Crippen molar-refractivity contribution in [3.8, 4) is 5.75 Å². The molecule has 3 saturated carbocycles. The normalized spacial score (nSPS) is 23.5. The number of carbonyl (C=O) groups is 2. The number of hydrogen-bond acceptors (Lipinski definition) is 5. The molecule has 0 aliphatic heterocycles. The van der Waals surface area contributed by atoms with Gasteiger partial charge in [0, 0.05) is 18.0 Å². The summed E-state index contributed by atoms with van der Waals surface area (Å²) < 4.78 is 18.8. The van der Waals surface area contributed by atoms with Crippen LogP contribution in [0.5, 0.6) is 5.75 Å². The lowest BCUT2D eigenvalue weighted by Crippen LogP contribution is -2.75. The highest BCUT2D eigenvalue weighted by molar-refractivity contribution is 6.30. The van der Waals surface area contributed by atoms with E-state index in [9.17, 15) is 14.0 Å². The van der Waals surface area contributed by atoms with E-state index in [1.54, 1.807) is 0 Å². The SMILES string of the molecule is O=C(COc1ccc(Cl)c(F)c1)CC12CC(NC(=O)c3cnc4ccccc4n3)(C1)C2. The maximum atomic E-state index is 13.5. The number of hydrogen-bond donors (Lipinski definition) is 1. The van der Waals surface area contributed by atoms with Crippen LogP contribution in [-0.4, -0.2) is 33.8 Å². The number of ether oxygens (including phenoxy) is 1. The molecule has 6 nitrogen and oxygen atoms in total. The summed E-state index contributed by atoms with van der Waals surface area (Å²) in [5.74, 6) is -0.603. The number of carbonyl (C=O) groups excluding carboxylic acids is 2. The van der Waals surface area contributed by atoms with E-state index in [0.29, 0.717) is 11.9 Å². The number of rotatable bonds is 7. The maximum absolute atomic E-state index is 13.5. The van der Waals surface area contributed by atoms with Gasteiger partial charge in [-0.05, 0) is 48.9 Å². The number of para-hydroxylation sites is 2. The lowest BCUT2D eigenvalue weighted by molar-refractivity contribution is -0.162. The molecule has 0 unspecified atom stereocenters. The smallest absolute Gasteiger partial charge is 0.271 e. The van der Waals surface area contributed by atoms with E-state index in [1.807, 2.05) is 24.3 Å². The molecule has 31 heavy (non-hydrogen) atoms. The zero-order valence-corrected chi connectivity index (χ0v) is 17.3. The van der Waals surface area contributed by atoms with Crippen LogP contribution in [0.1, 0.15) is 36.2 Å². The first kappa shape index (κ1) is 19.9. The van der Waals surface area contributed by atoms with E-state index in [4.69, 9.17) is 16.3 Å². The van der Waals surface area contributed by atoms with Gasteiger partial charge in [0.25, 0.3) is 5.91 Å². The van der Waals surface area contributed by atoms with E-state index < -0.39 is 5.82 Å². The van der Waals surface area contributed by atoms with E-state index in [1.165, 1.54) is 18.3 Å². The third-order valence-corrected chi connectivity index (χ3v) is 6.37. The van der Waals surface area contributed by atoms with Crippen molar-refractivity contribution in [2.75, 3.05) is 6.61 Å². The zero-order chi connectivity index (χ0) is 21.6. The lowest BCUT2D eigenvalue weighted by Gasteiger charge is -2.70. The molecule has 3 aliphatic carbocycles. The second kappa shape index (κ2) is 7.27.